The summed E-state index contributed by atoms with van der Waals surface area (Å²) in [6.45, 7) is 4.09. The molecule has 2 N–H and O–H groups in total. The van der Waals surface area contributed by atoms with Gasteiger partial charge in [-0.3, -0.25) is 5.10 Å². The molecule has 0 spiro atoms. The molecule has 0 atom stereocenters. The Balaban J connectivity index is 2.05. The topological polar surface area (TPSA) is 74.8 Å². The van der Waals surface area contributed by atoms with Crippen LogP contribution in [0.3, 0.4) is 0 Å². The van der Waals surface area contributed by atoms with Crippen molar-refractivity contribution in [2.75, 3.05) is 6.54 Å². The summed E-state index contributed by atoms with van der Waals surface area (Å²) >= 11 is 0. The summed E-state index contributed by atoms with van der Waals surface area (Å²) in [5, 5.41) is 6.61. The number of rotatable bonds is 5. The fourth-order valence-electron chi connectivity index (χ4n) is 1.92. The van der Waals surface area contributed by atoms with Gasteiger partial charge in [0.05, 0.1) is 4.90 Å². The number of benzene rings is 1. The van der Waals surface area contributed by atoms with Crippen LogP contribution in [0.15, 0.2) is 35.4 Å². The Labute approximate surface area is 113 Å². The second-order valence-electron chi connectivity index (χ2n) is 4.50. The molecule has 0 unspecified atom stereocenters. The first-order valence-corrected chi connectivity index (χ1v) is 7.52. The van der Waals surface area contributed by atoms with Crippen molar-refractivity contribution in [2.24, 2.45) is 0 Å². The van der Waals surface area contributed by atoms with Crippen LogP contribution in [0.4, 0.5) is 0 Å². The van der Waals surface area contributed by atoms with E-state index < -0.39 is 10.0 Å². The summed E-state index contributed by atoms with van der Waals surface area (Å²) in [4.78, 5) is 0.336. The van der Waals surface area contributed by atoms with Crippen LogP contribution in [0.5, 0.6) is 0 Å². The Morgan fingerprint density at radius 3 is 2.68 bits per heavy atom. The number of nitrogens with one attached hydrogen (secondary N) is 2. The van der Waals surface area contributed by atoms with Crippen LogP contribution in [-0.4, -0.2) is 25.2 Å². The van der Waals surface area contributed by atoms with Gasteiger partial charge in [0.1, 0.15) is 0 Å². The molecule has 5 nitrogen and oxygen atoms in total. The fraction of sp³-hybridized carbons (Fsp3) is 0.308. The molecule has 0 saturated heterocycles. The number of aromatic nitrogens is 2. The van der Waals surface area contributed by atoms with Crippen LogP contribution in [0.1, 0.15) is 16.8 Å². The number of sulfonamides is 1. The average molecular weight is 279 g/mol. The third kappa shape index (κ3) is 3.42. The first kappa shape index (κ1) is 13.8. The number of aryl methyl sites for hydroxylation is 2. The SMILES string of the molecule is Cc1ccc(S(=O)(=O)NCCc2ccn[nH]2)c(C)c1. The van der Waals surface area contributed by atoms with Gasteiger partial charge in [-0.1, -0.05) is 17.7 Å². The lowest BCUT2D eigenvalue weighted by atomic mass is 10.2. The van der Waals surface area contributed by atoms with Crippen LogP contribution in [0.25, 0.3) is 0 Å². The summed E-state index contributed by atoms with van der Waals surface area (Å²) in [5.41, 5.74) is 2.71. The molecule has 6 heteroatoms. The van der Waals surface area contributed by atoms with E-state index in [0.29, 0.717) is 17.9 Å². The lowest BCUT2D eigenvalue weighted by Gasteiger charge is -2.09. The van der Waals surface area contributed by atoms with E-state index in [1.54, 1.807) is 25.3 Å². The molecule has 1 heterocycles. The summed E-state index contributed by atoms with van der Waals surface area (Å²) < 4.78 is 26.9. The third-order valence-corrected chi connectivity index (χ3v) is 4.49. The summed E-state index contributed by atoms with van der Waals surface area (Å²) in [5.74, 6) is 0. The normalized spacial score (nSPS) is 11.7. The molecule has 1 aromatic carbocycles. The van der Waals surface area contributed by atoms with E-state index in [1.807, 2.05) is 19.1 Å². The first-order chi connectivity index (χ1) is 8.99. The van der Waals surface area contributed by atoms with E-state index in [-0.39, 0.29) is 0 Å². The molecule has 1 aromatic heterocycles. The lowest BCUT2D eigenvalue weighted by molar-refractivity contribution is 0.580. The Morgan fingerprint density at radius 2 is 2.05 bits per heavy atom. The minimum Gasteiger partial charge on any atom is -0.283 e. The van der Waals surface area contributed by atoms with Crippen molar-refractivity contribution in [3.05, 3.63) is 47.3 Å². The van der Waals surface area contributed by atoms with Crippen molar-refractivity contribution in [1.82, 2.24) is 14.9 Å². The van der Waals surface area contributed by atoms with Crippen molar-refractivity contribution >= 4 is 10.0 Å². The molecule has 0 bridgehead atoms. The molecule has 0 amide bonds. The highest BCUT2D eigenvalue weighted by Gasteiger charge is 2.15. The van der Waals surface area contributed by atoms with Gasteiger partial charge in [0.15, 0.2) is 0 Å². The molecule has 0 aliphatic carbocycles. The van der Waals surface area contributed by atoms with Gasteiger partial charge in [0.2, 0.25) is 10.0 Å². The summed E-state index contributed by atoms with van der Waals surface area (Å²) in [7, 11) is -3.45. The van der Waals surface area contributed by atoms with Crippen LogP contribution < -0.4 is 4.72 Å². The number of aromatic amines is 1. The number of hydrogen-bond donors (Lipinski definition) is 2. The van der Waals surface area contributed by atoms with Gasteiger partial charge >= 0.3 is 0 Å². The highest BCUT2D eigenvalue weighted by atomic mass is 32.2. The highest BCUT2D eigenvalue weighted by Crippen LogP contribution is 2.16. The van der Waals surface area contributed by atoms with Gasteiger partial charge in [-0.15, -0.1) is 0 Å². The zero-order chi connectivity index (χ0) is 13.9. The molecular formula is C13H17N3O2S. The van der Waals surface area contributed by atoms with E-state index in [9.17, 15) is 8.42 Å². The van der Waals surface area contributed by atoms with Gasteiger partial charge < -0.3 is 0 Å². The molecule has 102 valence electrons. The Morgan fingerprint density at radius 1 is 1.26 bits per heavy atom. The van der Waals surface area contributed by atoms with Gasteiger partial charge in [0.25, 0.3) is 0 Å². The van der Waals surface area contributed by atoms with Gasteiger partial charge in [0, 0.05) is 24.9 Å². The van der Waals surface area contributed by atoms with Crippen LogP contribution in [0.2, 0.25) is 0 Å². The predicted octanol–water partition coefficient (Wildman–Crippen LogP) is 1.55. The maximum Gasteiger partial charge on any atom is 0.240 e. The highest BCUT2D eigenvalue weighted by molar-refractivity contribution is 7.89. The molecule has 0 radical (unpaired) electrons. The molecule has 0 fully saturated rings. The second-order valence-corrected chi connectivity index (χ2v) is 6.23. The standard InChI is InChI=1S/C13H17N3O2S/c1-10-3-4-13(11(2)9-10)19(17,18)15-8-6-12-5-7-14-16-12/h3-5,7,9,15H,6,8H2,1-2H3,(H,14,16). The van der Waals surface area contributed by atoms with Crippen LogP contribution in [0, 0.1) is 13.8 Å². The van der Waals surface area contributed by atoms with Gasteiger partial charge in [-0.05, 0) is 31.5 Å². The molecule has 19 heavy (non-hydrogen) atoms. The Bertz CT molecular complexity index is 649. The minimum atomic E-state index is -3.45. The Hall–Kier alpha value is -1.66. The van der Waals surface area contributed by atoms with Crippen molar-refractivity contribution in [3.8, 4) is 0 Å². The van der Waals surface area contributed by atoms with E-state index >= 15 is 0 Å². The van der Waals surface area contributed by atoms with Crippen LogP contribution in [-0.2, 0) is 16.4 Å². The Kier molecular flexibility index (Phi) is 4.01. The number of H-pyrrole nitrogens is 1. The maximum atomic E-state index is 12.2. The first-order valence-electron chi connectivity index (χ1n) is 6.04. The summed E-state index contributed by atoms with van der Waals surface area (Å²) in [6, 6.07) is 7.13. The molecule has 2 aromatic rings. The molecule has 0 aliphatic heterocycles. The van der Waals surface area contributed by atoms with E-state index in [1.165, 1.54) is 0 Å². The lowest BCUT2D eigenvalue weighted by Crippen LogP contribution is -2.26. The zero-order valence-corrected chi connectivity index (χ0v) is 11.8. The average Bonchev–Trinajstić information content (AvgIpc) is 2.81. The third-order valence-electron chi connectivity index (χ3n) is 2.86. The second kappa shape index (κ2) is 5.54. The largest absolute Gasteiger partial charge is 0.283 e. The van der Waals surface area contributed by atoms with Crippen molar-refractivity contribution in [1.29, 1.82) is 0 Å². The minimum absolute atomic E-state index is 0.336. The molecular weight excluding hydrogens is 262 g/mol. The quantitative estimate of drug-likeness (QED) is 0.872. The van der Waals surface area contributed by atoms with E-state index in [4.69, 9.17) is 0 Å². The van der Waals surface area contributed by atoms with Crippen molar-refractivity contribution < 1.29 is 8.42 Å². The van der Waals surface area contributed by atoms with Crippen molar-refractivity contribution in [3.63, 3.8) is 0 Å². The van der Waals surface area contributed by atoms with Crippen molar-refractivity contribution in [2.45, 2.75) is 25.2 Å². The van der Waals surface area contributed by atoms with E-state index in [2.05, 4.69) is 14.9 Å². The molecule has 2 rings (SSSR count). The number of hydrogen-bond acceptors (Lipinski definition) is 3. The van der Waals surface area contributed by atoms with Gasteiger partial charge in [-0.25, -0.2) is 13.1 Å². The fourth-order valence-corrected chi connectivity index (χ4v) is 3.18. The maximum absolute atomic E-state index is 12.2. The summed E-state index contributed by atoms with van der Waals surface area (Å²) in [6.07, 6.45) is 2.23. The number of nitrogens with zero attached hydrogens (tertiary/aromatic N) is 1. The molecule has 0 aliphatic rings. The smallest absolute Gasteiger partial charge is 0.240 e. The van der Waals surface area contributed by atoms with Crippen LogP contribution >= 0.6 is 0 Å². The van der Waals surface area contributed by atoms with E-state index in [0.717, 1.165) is 16.8 Å². The monoisotopic (exact) mass is 279 g/mol. The van der Waals surface area contributed by atoms with Gasteiger partial charge in [-0.2, -0.15) is 5.10 Å². The zero-order valence-electron chi connectivity index (χ0n) is 11.0. The predicted molar refractivity (Wildman–Crippen MR) is 73.4 cm³/mol. The molecule has 0 saturated carbocycles.